The monoisotopic (exact) mass is 229 g/mol. The van der Waals surface area contributed by atoms with Gasteiger partial charge in [-0.05, 0) is 24.0 Å². The summed E-state index contributed by atoms with van der Waals surface area (Å²) in [6.45, 7) is 5.07. The van der Waals surface area contributed by atoms with E-state index in [1.165, 1.54) is 5.56 Å². The van der Waals surface area contributed by atoms with E-state index in [0.29, 0.717) is 19.0 Å². The quantitative estimate of drug-likeness (QED) is 0.460. The molecule has 0 saturated heterocycles. The van der Waals surface area contributed by atoms with Crippen LogP contribution in [-0.2, 0) is 6.42 Å². The van der Waals surface area contributed by atoms with Crippen molar-refractivity contribution >= 4 is 5.78 Å². The molecule has 0 heterocycles. The van der Waals surface area contributed by atoms with Crippen molar-refractivity contribution in [2.75, 3.05) is 13.1 Å². The summed E-state index contributed by atoms with van der Waals surface area (Å²) in [5, 5.41) is 2.91. The average Bonchev–Trinajstić information content (AvgIpc) is 2.28. The van der Waals surface area contributed by atoms with Crippen LogP contribution in [0, 0.1) is 18.3 Å². The molecular formula is C15H19NO. The van der Waals surface area contributed by atoms with Gasteiger partial charge in [0.2, 0.25) is 0 Å². The van der Waals surface area contributed by atoms with Gasteiger partial charge in [0, 0.05) is 5.56 Å². The Kier molecular flexibility index (Phi) is 5.45. The van der Waals surface area contributed by atoms with Crippen LogP contribution in [0.4, 0.5) is 0 Å². The Hall–Kier alpha value is -1.59. The lowest BCUT2D eigenvalue weighted by Gasteiger charge is -2.07. The molecule has 0 fully saturated rings. The Balaban J connectivity index is 2.64. The molecule has 0 radical (unpaired) electrons. The fourth-order valence-electron chi connectivity index (χ4n) is 1.69. The van der Waals surface area contributed by atoms with Gasteiger partial charge in [0.25, 0.3) is 0 Å². The highest BCUT2D eigenvalue weighted by molar-refractivity contribution is 5.97. The SMILES string of the molecule is C#CCNCC(=O)c1cccc(CC(C)C)c1. The molecule has 0 bridgehead atoms. The van der Waals surface area contributed by atoms with Crippen molar-refractivity contribution in [2.24, 2.45) is 5.92 Å². The summed E-state index contributed by atoms with van der Waals surface area (Å²) in [5.41, 5.74) is 1.97. The lowest BCUT2D eigenvalue weighted by molar-refractivity contribution is 0.0992. The van der Waals surface area contributed by atoms with Gasteiger partial charge >= 0.3 is 0 Å². The highest BCUT2D eigenvalue weighted by Crippen LogP contribution is 2.10. The summed E-state index contributed by atoms with van der Waals surface area (Å²) in [6.07, 6.45) is 6.11. The number of Topliss-reactive ketones (excluding diaryl/α,β-unsaturated/α-hetero) is 1. The molecule has 0 spiro atoms. The molecule has 2 heteroatoms. The minimum Gasteiger partial charge on any atom is -0.299 e. The number of benzene rings is 1. The highest BCUT2D eigenvalue weighted by atomic mass is 16.1. The highest BCUT2D eigenvalue weighted by Gasteiger charge is 2.06. The third-order valence-electron chi connectivity index (χ3n) is 2.41. The Morgan fingerprint density at radius 1 is 1.47 bits per heavy atom. The molecule has 0 aliphatic carbocycles. The van der Waals surface area contributed by atoms with Crippen LogP contribution in [0.3, 0.4) is 0 Å². The van der Waals surface area contributed by atoms with Crippen LogP contribution in [0.1, 0.15) is 29.8 Å². The van der Waals surface area contributed by atoms with Gasteiger partial charge < -0.3 is 0 Å². The third-order valence-corrected chi connectivity index (χ3v) is 2.41. The van der Waals surface area contributed by atoms with E-state index >= 15 is 0 Å². The lowest BCUT2D eigenvalue weighted by Crippen LogP contribution is -2.23. The van der Waals surface area contributed by atoms with Crippen molar-refractivity contribution < 1.29 is 4.79 Å². The molecule has 1 N–H and O–H groups in total. The van der Waals surface area contributed by atoms with Crippen molar-refractivity contribution in [3.8, 4) is 12.3 Å². The van der Waals surface area contributed by atoms with Gasteiger partial charge in [-0.1, -0.05) is 38.0 Å². The van der Waals surface area contributed by atoms with Crippen LogP contribution in [0.5, 0.6) is 0 Å². The van der Waals surface area contributed by atoms with Crippen molar-refractivity contribution in [2.45, 2.75) is 20.3 Å². The van der Waals surface area contributed by atoms with Gasteiger partial charge in [-0.25, -0.2) is 0 Å². The molecule has 1 aromatic rings. The number of hydrogen-bond acceptors (Lipinski definition) is 2. The zero-order valence-corrected chi connectivity index (χ0v) is 10.5. The van der Waals surface area contributed by atoms with Crippen molar-refractivity contribution in [3.63, 3.8) is 0 Å². The summed E-state index contributed by atoms with van der Waals surface area (Å²) < 4.78 is 0. The van der Waals surface area contributed by atoms with E-state index in [2.05, 4.69) is 31.2 Å². The first kappa shape index (κ1) is 13.5. The first-order chi connectivity index (χ1) is 8.13. The van der Waals surface area contributed by atoms with Crippen LogP contribution in [0.15, 0.2) is 24.3 Å². The van der Waals surface area contributed by atoms with Crippen LogP contribution in [0.25, 0.3) is 0 Å². The number of nitrogens with one attached hydrogen (secondary N) is 1. The van der Waals surface area contributed by atoms with E-state index in [1.807, 2.05) is 18.2 Å². The third kappa shape index (κ3) is 4.84. The number of rotatable bonds is 6. The fraction of sp³-hybridized carbons (Fsp3) is 0.400. The molecule has 0 aliphatic rings. The molecule has 0 atom stereocenters. The number of terminal acetylenes is 1. The van der Waals surface area contributed by atoms with Crippen LogP contribution >= 0.6 is 0 Å². The smallest absolute Gasteiger partial charge is 0.176 e. The van der Waals surface area contributed by atoms with Gasteiger partial charge in [0.05, 0.1) is 13.1 Å². The van der Waals surface area contributed by atoms with Crippen molar-refractivity contribution in [3.05, 3.63) is 35.4 Å². The Labute approximate surface area is 103 Å². The first-order valence-corrected chi connectivity index (χ1v) is 5.89. The first-order valence-electron chi connectivity index (χ1n) is 5.89. The second-order valence-electron chi connectivity index (χ2n) is 4.53. The maximum absolute atomic E-state index is 11.8. The second kappa shape index (κ2) is 6.88. The van der Waals surface area contributed by atoms with Gasteiger partial charge in [-0.2, -0.15) is 0 Å². The van der Waals surface area contributed by atoms with E-state index in [9.17, 15) is 4.79 Å². The minimum absolute atomic E-state index is 0.0888. The van der Waals surface area contributed by atoms with Crippen LogP contribution < -0.4 is 5.32 Å². The molecule has 0 aromatic heterocycles. The molecule has 0 amide bonds. The Morgan fingerprint density at radius 2 is 2.24 bits per heavy atom. The molecule has 90 valence electrons. The summed E-state index contributed by atoms with van der Waals surface area (Å²) >= 11 is 0. The number of hydrogen-bond donors (Lipinski definition) is 1. The summed E-state index contributed by atoms with van der Waals surface area (Å²) in [6, 6.07) is 7.82. The minimum atomic E-state index is 0.0888. The number of carbonyl (C=O) groups excluding carboxylic acids is 1. The molecule has 1 rings (SSSR count). The second-order valence-corrected chi connectivity index (χ2v) is 4.53. The van der Waals surface area contributed by atoms with E-state index in [4.69, 9.17) is 6.42 Å². The largest absolute Gasteiger partial charge is 0.299 e. The van der Waals surface area contributed by atoms with Crippen LogP contribution in [-0.4, -0.2) is 18.9 Å². The number of ketones is 1. The molecule has 1 aromatic carbocycles. The Morgan fingerprint density at radius 3 is 2.88 bits per heavy atom. The van der Waals surface area contributed by atoms with Crippen LogP contribution in [0.2, 0.25) is 0 Å². The van der Waals surface area contributed by atoms with Crippen molar-refractivity contribution in [1.29, 1.82) is 0 Å². The molecule has 0 saturated carbocycles. The van der Waals surface area contributed by atoms with E-state index in [1.54, 1.807) is 0 Å². The van der Waals surface area contributed by atoms with E-state index < -0.39 is 0 Å². The number of carbonyl (C=O) groups is 1. The predicted molar refractivity (Wildman–Crippen MR) is 71.0 cm³/mol. The van der Waals surface area contributed by atoms with E-state index in [0.717, 1.165) is 12.0 Å². The topological polar surface area (TPSA) is 29.1 Å². The maximum Gasteiger partial charge on any atom is 0.176 e. The summed E-state index contributed by atoms with van der Waals surface area (Å²) in [5.74, 6) is 3.13. The zero-order valence-electron chi connectivity index (χ0n) is 10.5. The van der Waals surface area contributed by atoms with E-state index in [-0.39, 0.29) is 5.78 Å². The van der Waals surface area contributed by atoms with Gasteiger partial charge in [0.15, 0.2) is 5.78 Å². The molecular weight excluding hydrogens is 210 g/mol. The van der Waals surface area contributed by atoms with Crippen molar-refractivity contribution in [1.82, 2.24) is 5.32 Å². The zero-order chi connectivity index (χ0) is 12.7. The average molecular weight is 229 g/mol. The summed E-state index contributed by atoms with van der Waals surface area (Å²) in [4.78, 5) is 11.8. The summed E-state index contributed by atoms with van der Waals surface area (Å²) in [7, 11) is 0. The van der Waals surface area contributed by atoms with Gasteiger partial charge in [0.1, 0.15) is 0 Å². The molecule has 2 nitrogen and oxygen atoms in total. The molecule has 0 aliphatic heterocycles. The predicted octanol–water partition coefficient (Wildman–Crippen LogP) is 2.29. The molecule has 17 heavy (non-hydrogen) atoms. The normalized spacial score (nSPS) is 10.2. The van der Waals surface area contributed by atoms with Gasteiger partial charge in [-0.3, -0.25) is 10.1 Å². The lowest BCUT2D eigenvalue weighted by atomic mass is 10.00. The molecule has 0 unspecified atom stereocenters. The Bertz CT molecular complexity index is 415. The fourth-order valence-corrected chi connectivity index (χ4v) is 1.69. The standard InChI is InChI=1S/C15H19NO/c1-4-8-16-11-15(17)14-7-5-6-13(10-14)9-12(2)3/h1,5-7,10,12,16H,8-9,11H2,2-3H3. The maximum atomic E-state index is 11.8. The van der Waals surface area contributed by atoms with Gasteiger partial charge in [-0.15, -0.1) is 6.42 Å².